The van der Waals surface area contributed by atoms with E-state index in [4.69, 9.17) is 11.0 Å². The Labute approximate surface area is 151 Å². The highest BCUT2D eigenvalue weighted by Crippen LogP contribution is 2.25. The maximum atomic E-state index is 11.9. The minimum atomic E-state index is -0.468. The number of carbonyl (C=O) groups excluding carboxylic acids is 1. The first-order valence-electron chi connectivity index (χ1n) is 8.13. The summed E-state index contributed by atoms with van der Waals surface area (Å²) in [5, 5.41) is 20.1. The smallest absolute Gasteiger partial charge is 0.249 e. The molecule has 26 heavy (non-hydrogen) atoms. The minimum Gasteiger partial charge on any atom is -0.366 e. The van der Waals surface area contributed by atoms with E-state index in [0.29, 0.717) is 30.8 Å². The molecule has 0 atom stereocenters. The molecule has 0 aliphatic rings. The Hall–Kier alpha value is -3.53. The molecule has 0 saturated carbocycles. The van der Waals surface area contributed by atoms with Gasteiger partial charge in [0, 0.05) is 12.0 Å². The SMILES string of the molecule is N#CCCn1nnnc1[CH]Cc1ccc(-c2ccccc2)c(C(N)=O)c1. The van der Waals surface area contributed by atoms with Crippen molar-refractivity contribution in [3.8, 4) is 17.2 Å². The van der Waals surface area contributed by atoms with Crippen molar-refractivity contribution in [2.24, 2.45) is 5.73 Å². The van der Waals surface area contributed by atoms with Gasteiger partial charge in [-0.15, -0.1) is 5.10 Å². The van der Waals surface area contributed by atoms with E-state index >= 15 is 0 Å². The van der Waals surface area contributed by atoms with Crippen molar-refractivity contribution in [2.45, 2.75) is 19.4 Å². The van der Waals surface area contributed by atoms with Gasteiger partial charge < -0.3 is 5.73 Å². The number of carbonyl (C=O) groups is 1. The van der Waals surface area contributed by atoms with Gasteiger partial charge in [-0.05, 0) is 39.6 Å². The van der Waals surface area contributed by atoms with Crippen molar-refractivity contribution < 1.29 is 4.79 Å². The summed E-state index contributed by atoms with van der Waals surface area (Å²) in [6.07, 6.45) is 2.74. The number of nitrogens with two attached hydrogens (primary N) is 1. The number of primary amides is 1. The second-order valence-electron chi connectivity index (χ2n) is 5.69. The van der Waals surface area contributed by atoms with Crippen molar-refractivity contribution in [2.75, 3.05) is 0 Å². The maximum absolute atomic E-state index is 11.9. The van der Waals surface area contributed by atoms with Crippen LogP contribution in [0.25, 0.3) is 11.1 Å². The third-order valence-corrected chi connectivity index (χ3v) is 3.95. The molecule has 129 valence electrons. The molecule has 0 saturated heterocycles. The van der Waals surface area contributed by atoms with Crippen molar-refractivity contribution in [1.82, 2.24) is 20.2 Å². The number of nitriles is 1. The van der Waals surface area contributed by atoms with E-state index in [9.17, 15) is 4.79 Å². The molecular weight excluding hydrogens is 328 g/mol. The monoisotopic (exact) mass is 345 g/mol. The van der Waals surface area contributed by atoms with Crippen LogP contribution < -0.4 is 5.73 Å². The molecule has 7 nitrogen and oxygen atoms in total. The Bertz CT molecular complexity index is 942. The molecule has 1 aromatic heterocycles. The number of amides is 1. The Balaban J connectivity index is 1.80. The predicted molar refractivity (Wildman–Crippen MR) is 95.5 cm³/mol. The number of nitrogens with zero attached hydrogens (tertiary/aromatic N) is 5. The third-order valence-electron chi connectivity index (χ3n) is 3.95. The maximum Gasteiger partial charge on any atom is 0.249 e. The van der Waals surface area contributed by atoms with E-state index in [1.165, 1.54) is 0 Å². The van der Waals surface area contributed by atoms with Crippen LogP contribution in [0, 0.1) is 17.8 Å². The molecule has 3 rings (SSSR count). The van der Waals surface area contributed by atoms with Gasteiger partial charge in [-0.1, -0.05) is 42.5 Å². The average Bonchev–Trinajstić information content (AvgIpc) is 3.12. The fourth-order valence-corrected chi connectivity index (χ4v) is 2.67. The molecule has 1 heterocycles. The normalized spacial score (nSPS) is 10.4. The Morgan fingerprint density at radius 1 is 1.23 bits per heavy atom. The predicted octanol–water partition coefficient (Wildman–Crippen LogP) is 2.15. The summed E-state index contributed by atoms with van der Waals surface area (Å²) >= 11 is 0. The van der Waals surface area contributed by atoms with Crippen molar-refractivity contribution in [1.29, 1.82) is 5.26 Å². The summed E-state index contributed by atoms with van der Waals surface area (Å²) in [6, 6.07) is 17.4. The minimum absolute atomic E-state index is 0.337. The highest BCUT2D eigenvalue weighted by molar-refractivity contribution is 6.00. The number of rotatable bonds is 7. The van der Waals surface area contributed by atoms with E-state index < -0.39 is 5.91 Å². The van der Waals surface area contributed by atoms with Gasteiger partial charge in [0.2, 0.25) is 5.91 Å². The molecule has 2 N–H and O–H groups in total. The lowest BCUT2D eigenvalue weighted by molar-refractivity contribution is 0.100. The molecular formula is C19H17N6O. The number of aromatic nitrogens is 4. The van der Waals surface area contributed by atoms with Crippen LogP contribution in [-0.2, 0) is 13.0 Å². The highest BCUT2D eigenvalue weighted by Gasteiger charge is 2.12. The van der Waals surface area contributed by atoms with Gasteiger partial charge in [-0.3, -0.25) is 4.79 Å². The molecule has 2 aromatic carbocycles. The fourth-order valence-electron chi connectivity index (χ4n) is 2.67. The van der Waals surface area contributed by atoms with Crippen molar-refractivity contribution in [3.63, 3.8) is 0 Å². The van der Waals surface area contributed by atoms with Crippen LogP contribution >= 0.6 is 0 Å². The van der Waals surface area contributed by atoms with Gasteiger partial charge in [0.15, 0.2) is 5.82 Å². The Morgan fingerprint density at radius 2 is 2.04 bits per heavy atom. The van der Waals surface area contributed by atoms with Crippen molar-refractivity contribution in [3.05, 3.63) is 71.9 Å². The molecule has 0 bridgehead atoms. The number of aryl methyl sites for hydroxylation is 1. The van der Waals surface area contributed by atoms with E-state index in [-0.39, 0.29) is 0 Å². The zero-order valence-electron chi connectivity index (χ0n) is 14.0. The average molecular weight is 345 g/mol. The van der Waals surface area contributed by atoms with E-state index in [1.807, 2.05) is 48.9 Å². The Morgan fingerprint density at radius 3 is 2.77 bits per heavy atom. The first-order valence-corrected chi connectivity index (χ1v) is 8.13. The van der Waals surface area contributed by atoms with Crippen LogP contribution in [-0.4, -0.2) is 26.1 Å². The lowest BCUT2D eigenvalue weighted by Gasteiger charge is -2.10. The second-order valence-corrected chi connectivity index (χ2v) is 5.69. The molecule has 0 unspecified atom stereocenters. The standard InChI is InChI=1S/C19H17N6O/c20-11-4-12-25-18(22-23-24-25)10-8-14-7-9-16(17(13-14)19(21)26)15-5-2-1-3-6-15/h1-3,5-7,9-10,13H,4,8,12H2,(H2,21,26). The zero-order valence-corrected chi connectivity index (χ0v) is 14.0. The molecule has 3 aromatic rings. The molecule has 0 fully saturated rings. The molecule has 0 spiro atoms. The van der Waals surface area contributed by atoms with Crippen molar-refractivity contribution >= 4 is 5.91 Å². The van der Waals surface area contributed by atoms with Crippen LogP contribution in [0.3, 0.4) is 0 Å². The van der Waals surface area contributed by atoms with Gasteiger partial charge in [0.05, 0.1) is 19.0 Å². The van der Waals surface area contributed by atoms with Gasteiger partial charge >= 0.3 is 0 Å². The molecule has 1 amide bonds. The molecule has 0 aliphatic carbocycles. The van der Waals surface area contributed by atoms with Crippen LogP contribution in [0.15, 0.2) is 48.5 Å². The third kappa shape index (κ3) is 3.92. The van der Waals surface area contributed by atoms with Gasteiger partial charge in [-0.2, -0.15) is 5.26 Å². The topological polar surface area (TPSA) is 110 Å². The number of hydrogen-bond donors (Lipinski definition) is 1. The van der Waals surface area contributed by atoms with Gasteiger partial charge in [0.25, 0.3) is 0 Å². The number of tetrazole rings is 1. The number of benzene rings is 2. The summed E-state index contributed by atoms with van der Waals surface area (Å²) < 4.78 is 1.58. The van der Waals surface area contributed by atoms with Gasteiger partial charge in [-0.25, -0.2) is 4.68 Å². The van der Waals surface area contributed by atoms with Crippen LogP contribution in [0.5, 0.6) is 0 Å². The lowest BCUT2D eigenvalue weighted by atomic mass is 9.95. The summed E-state index contributed by atoms with van der Waals surface area (Å²) in [6.45, 7) is 0.439. The van der Waals surface area contributed by atoms with E-state index in [1.54, 1.807) is 10.7 Å². The summed E-state index contributed by atoms with van der Waals surface area (Å²) in [5.41, 5.74) is 8.72. The largest absolute Gasteiger partial charge is 0.366 e. The van der Waals surface area contributed by atoms with Crippen LogP contribution in [0.2, 0.25) is 0 Å². The fraction of sp³-hybridized carbons (Fsp3) is 0.158. The first-order chi connectivity index (χ1) is 12.7. The summed E-state index contributed by atoms with van der Waals surface area (Å²) in [5.74, 6) is 0.123. The van der Waals surface area contributed by atoms with Crippen LogP contribution in [0.1, 0.15) is 28.2 Å². The summed E-state index contributed by atoms with van der Waals surface area (Å²) in [7, 11) is 0. The molecule has 7 heteroatoms. The highest BCUT2D eigenvalue weighted by atomic mass is 16.1. The first kappa shape index (κ1) is 17.3. The zero-order chi connectivity index (χ0) is 18.4. The van der Waals surface area contributed by atoms with Gasteiger partial charge in [0.1, 0.15) is 0 Å². The Kier molecular flexibility index (Phi) is 5.34. The number of hydrogen-bond acceptors (Lipinski definition) is 5. The van der Waals surface area contributed by atoms with Crippen LogP contribution in [0.4, 0.5) is 0 Å². The quantitative estimate of drug-likeness (QED) is 0.705. The molecule has 1 radical (unpaired) electrons. The van der Waals surface area contributed by atoms with E-state index in [2.05, 4.69) is 21.6 Å². The van der Waals surface area contributed by atoms with E-state index in [0.717, 1.165) is 16.7 Å². The summed E-state index contributed by atoms with van der Waals surface area (Å²) in [4.78, 5) is 11.9. The second kappa shape index (κ2) is 8.03. The molecule has 0 aliphatic heterocycles. The lowest BCUT2D eigenvalue weighted by Crippen LogP contribution is -2.13.